The zero-order valence-corrected chi connectivity index (χ0v) is 77.0. The number of carbonyl (C=O) groups is 3. The second-order valence-corrected chi connectivity index (χ2v) is 39.0. The first-order valence-corrected chi connectivity index (χ1v) is 44.4. The average Bonchev–Trinajstić information content (AvgIpc) is 1.60. The molecule has 4 aromatic carbocycles. The molecule has 13 heterocycles. The summed E-state index contributed by atoms with van der Waals surface area (Å²) in [6, 6.07) is 29.3. The number of aromatic amines is 1. The number of ether oxygens (including phenoxy) is 2. The van der Waals surface area contributed by atoms with Gasteiger partial charge in [-0.05, 0) is 195 Å². The number of nitrogens with zero attached hydrogens (tertiary/aromatic N) is 17. The molecule has 0 bridgehead atoms. The van der Waals surface area contributed by atoms with Gasteiger partial charge in [0.05, 0.1) is 48.4 Å². The summed E-state index contributed by atoms with van der Waals surface area (Å²) in [6.07, 6.45) is 6.92. The van der Waals surface area contributed by atoms with Gasteiger partial charge in [0.1, 0.15) is 78.7 Å². The van der Waals surface area contributed by atoms with E-state index in [1.165, 1.54) is 30.6 Å². The van der Waals surface area contributed by atoms with Crippen LogP contribution in [0.15, 0.2) is 136 Å². The number of hydrogen-bond donors (Lipinski definition) is 2. The Bertz CT molecular complexity index is 6220. The lowest BCUT2D eigenvalue weighted by Crippen LogP contribution is -2.27. The number of esters is 2. The molecule has 13 aromatic rings. The zero-order chi connectivity index (χ0) is 86.6. The van der Waals surface area contributed by atoms with Crippen LogP contribution < -0.4 is 5.32 Å². The number of imidazole rings is 1. The Balaban J connectivity index is 0.000000133. The number of halogens is 4. The van der Waals surface area contributed by atoms with E-state index in [0.29, 0.717) is 45.5 Å². The van der Waals surface area contributed by atoms with Gasteiger partial charge in [0, 0.05) is 115 Å². The lowest BCUT2D eigenvalue weighted by molar-refractivity contribution is -0.156. The van der Waals surface area contributed by atoms with Crippen molar-refractivity contribution in [3.05, 3.63) is 269 Å². The van der Waals surface area contributed by atoms with Gasteiger partial charge in [0.15, 0.2) is 23.3 Å². The van der Waals surface area contributed by atoms with Crippen molar-refractivity contribution in [3.8, 4) is 20.0 Å². The monoisotopic (exact) mass is 1780 g/mol. The van der Waals surface area contributed by atoms with Gasteiger partial charge in [-0.2, -0.15) is 0 Å². The summed E-state index contributed by atoms with van der Waals surface area (Å²) in [5.74, 6) is 4.51. The van der Waals surface area contributed by atoms with Crippen molar-refractivity contribution in [3.63, 3.8) is 0 Å². The highest BCUT2D eigenvalue weighted by molar-refractivity contribution is 7.16. The number of aliphatic imine (C=N–C) groups is 4. The maximum atomic E-state index is 12.9. The van der Waals surface area contributed by atoms with E-state index in [-0.39, 0.29) is 37.1 Å². The van der Waals surface area contributed by atoms with Gasteiger partial charge >= 0.3 is 11.9 Å². The third kappa shape index (κ3) is 18.4. The van der Waals surface area contributed by atoms with Crippen molar-refractivity contribution in [1.29, 1.82) is 0 Å². The van der Waals surface area contributed by atoms with Crippen LogP contribution in [-0.4, -0.2) is 127 Å². The van der Waals surface area contributed by atoms with E-state index in [1.807, 2.05) is 157 Å². The highest BCUT2D eigenvalue weighted by atomic mass is 35.5. The molecule has 0 aliphatic carbocycles. The van der Waals surface area contributed by atoms with Crippen molar-refractivity contribution in [2.45, 2.75) is 199 Å². The van der Waals surface area contributed by atoms with Crippen LogP contribution in [0.4, 0.5) is 0 Å². The molecule has 32 heteroatoms. The first-order chi connectivity index (χ1) is 57.4. The molecule has 0 radical (unpaired) electrons. The molecule has 2 N–H and O–H groups in total. The average molecular weight is 1780 g/mol. The quantitative estimate of drug-likeness (QED) is 0.0958. The van der Waals surface area contributed by atoms with E-state index < -0.39 is 34.9 Å². The minimum atomic E-state index is -0.570. The van der Waals surface area contributed by atoms with Crippen molar-refractivity contribution >= 4 is 132 Å². The number of H-pyrrole nitrogens is 1. The maximum absolute atomic E-state index is 12.9. The van der Waals surface area contributed by atoms with Crippen LogP contribution in [0.2, 0.25) is 20.1 Å². The maximum Gasteiger partial charge on any atom is 0.308 e. The lowest BCUT2D eigenvalue weighted by Gasteiger charge is -2.21. The van der Waals surface area contributed by atoms with E-state index >= 15 is 0 Å². The SMILES string of the molecule is CCc1nnc2n1-c1sc(C)c(C)c1C(c1ccc(Cl)cc1)=N[C@H]2CC(=O)OC(C)(C)C.Cc1sc2c(c1C)C(c1ccc(Cl)cc1)=NC(C)(C)c1nncn1-2.Cc1sc2c(c1C)C(c1ccc(Cl)cc1)=NC(CC(=O)OC(C)(C)C)c1nnc(C)n1-2.Cc1sc2c(c1C)C(c1ccc(Cl)cc1)=N[C@@H](CC(=O)NCCc1cnc[nH]1)c1nnc(C)n1-2. The third-order valence-corrected chi connectivity index (χ3v) is 26.7. The van der Waals surface area contributed by atoms with Crippen LogP contribution in [0, 0.1) is 69.2 Å². The highest BCUT2D eigenvalue weighted by Crippen LogP contribution is 2.46. The first-order valence-electron chi connectivity index (χ1n) is 39.6. The molecule has 17 rings (SSSR count). The smallest absolute Gasteiger partial charge is 0.308 e. The molecule has 0 saturated heterocycles. The predicted molar refractivity (Wildman–Crippen MR) is 484 cm³/mol. The predicted octanol–water partition coefficient (Wildman–Crippen LogP) is 20.3. The fraction of sp³-hybridized carbons (Fsp3) is 0.348. The van der Waals surface area contributed by atoms with E-state index in [4.69, 9.17) is 75.8 Å². The third-order valence-electron chi connectivity index (χ3n) is 20.9. The Morgan fingerprint density at radius 3 is 1.23 bits per heavy atom. The lowest BCUT2D eigenvalue weighted by atomic mass is 9.99. The molecule has 626 valence electrons. The standard InChI is InChI=1S/C24H24ClN7OS.C24H27ClN4O2S.C23H25ClN4O2S.C18H17ClN4S/c1-13-14(2)34-24-21(13)22(16-4-6-17(25)7-5-16)29-19(23-31-30-15(3)32(23)24)10-20(33)27-9-8-18-11-26-12-28-18;1-7-18-27-28-22-17(12-19(30)31-24(4,5)6)26-21(15-8-10-16(25)11-9-15)20-13(2)14(3)32-23(20)29(18)22;1-12-13(2)31-22-19(12)20(15-7-9-16(24)10-8-15)25-17(11-18(29)30-23(4,5)6)21-27-26-14(3)28(21)22;1-10-11(2)24-16-14(10)15(12-5-7-13(19)8-6-12)21-18(3,4)17-22-20-9-23(16)17/h4-7,11-12,19H,8-10H2,1-3H3,(H,26,28)(H,27,33);8-11,17H,7,12H2,1-6H3;7-10,17H,11H2,1-6H3;5-9H,1-4H3/t19-;17-;;/m00../s1. The second-order valence-electron chi connectivity index (χ2n) is 32.4. The van der Waals surface area contributed by atoms with Crippen molar-refractivity contribution in [2.75, 3.05) is 6.54 Å². The summed E-state index contributed by atoms with van der Waals surface area (Å²) in [5, 5.41) is 44.8. The minimum absolute atomic E-state index is 0.0828. The molecule has 0 fully saturated rings. The molecule has 24 nitrogen and oxygen atoms in total. The van der Waals surface area contributed by atoms with Crippen LogP contribution >= 0.6 is 91.8 Å². The summed E-state index contributed by atoms with van der Waals surface area (Å²) in [5.41, 5.74) is 15.8. The molecule has 1 unspecified atom stereocenters. The van der Waals surface area contributed by atoms with E-state index in [2.05, 4.69) is 146 Å². The number of aromatic nitrogens is 14. The fourth-order valence-corrected chi connectivity index (χ4v) is 19.9. The van der Waals surface area contributed by atoms with E-state index in [9.17, 15) is 14.4 Å². The Morgan fingerprint density at radius 2 is 0.843 bits per heavy atom. The van der Waals surface area contributed by atoms with Gasteiger partial charge in [-0.25, -0.2) is 4.98 Å². The molecule has 9 aromatic heterocycles. The number of carbonyl (C=O) groups excluding carboxylic acids is 3. The molecule has 3 atom stereocenters. The van der Waals surface area contributed by atoms with Gasteiger partial charge in [0.25, 0.3) is 0 Å². The summed E-state index contributed by atoms with van der Waals surface area (Å²) in [4.78, 5) is 70.8. The van der Waals surface area contributed by atoms with Gasteiger partial charge in [-0.3, -0.25) is 52.6 Å². The number of rotatable bonds is 14. The molecule has 4 aliphatic heterocycles. The van der Waals surface area contributed by atoms with Gasteiger partial charge in [-0.1, -0.05) is 102 Å². The number of benzene rings is 4. The number of fused-ring (bicyclic) bond motifs is 12. The van der Waals surface area contributed by atoms with Gasteiger partial charge in [0.2, 0.25) is 5.91 Å². The number of nitrogens with one attached hydrogen (secondary N) is 2. The number of amides is 1. The summed E-state index contributed by atoms with van der Waals surface area (Å²) in [6.45, 7) is 38.7. The molecular weight excluding hydrogens is 1690 g/mol. The van der Waals surface area contributed by atoms with Crippen molar-refractivity contribution < 1.29 is 23.9 Å². The van der Waals surface area contributed by atoms with Gasteiger partial charge < -0.3 is 19.8 Å². The molecule has 0 saturated carbocycles. The molecule has 1 amide bonds. The summed E-state index contributed by atoms with van der Waals surface area (Å²) < 4.78 is 19.4. The largest absolute Gasteiger partial charge is 0.460 e. The van der Waals surface area contributed by atoms with E-state index in [1.54, 1.807) is 64.2 Å². The molecule has 121 heavy (non-hydrogen) atoms. The Morgan fingerprint density at radius 1 is 0.479 bits per heavy atom. The number of thiophene rings is 4. The second kappa shape index (κ2) is 35.3. The van der Waals surface area contributed by atoms with Crippen molar-refractivity contribution in [2.24, 2.45) is 20.0 Å². The summed E-state index contributed by atoms with van der Waals surface area (Å²) >= 11 is 31.3. The zero-order valence-electron chi connectivity index (χ0n) is 70.7. The van der Waals surface area contributed by atoms with Crippen LogP contribution in [0.5, 0.6) is 0 Å². The van der Waals surface area contributed by atoms with Crippen molar-refractivity contribution in [1.82, 2.24) is 74.3 Å². The summed E-state index contributed by atoms with van der Waals surface area (Å²) in [7, 11) is 0. The molecule has 4 aliphatic rings. The number of hydrogen-bond acceptors (Lipinski definition) is 22. The Hall–Kier alpha value is -10.3. The fourth-order valence-electron chi connectivity index (χ4n) is 14.7. The van der Waals surface area contributed by atoms with E-state index in [0.717, 1.165) is 139 Å². The Labute approximate surface area is 738 Å². The highest BCUT2D eigenvalue weighted by Gasteiger charge is 2.39. The van der Waals surface area contributed by atoms with Crippen LogP contribution in [0.25, 0.3) is 20.0 Å². The van der Waals surface area contributed by atoms with Crippen LogP contribution in [0.1, 0.15) is 232 Å². The molecular formula is C89H93Cl4N19O5S4. The topological polar surface area (TPSA) is 283 Å². The van der Waals surface area contributed by atoms with Gasteiger partial charge in [-0.15, -0.1) is 86.1 Å². The minimum Gasteiger partial charge on any atom is -0.460 e. The first kappa shape index (κ1) is 87.1. The Kier molecular flexibility index (Phi) is 25.4. The van der Waals surface area contributed by atoms with Crippen LogP contribution in [-0.2, 0) is 42.2 Å². The normalized spacial score (nSPS) is 15.4. The molecule has 0 spiro atoms. The van der Waals surface area contributed by atoms with Crippen LogP contribution in [0.3, 0.4) is 0 Å². The number of aryl methyl sites for hydroxylation is 7.